The average Bonchev–Trinajstić information content (AvgIpc) is 2.72. The van der Waals surface area contributed by atoms with Gasteiger partial charge < -0.3 is 15.6 Å². The van der Waals surface area contributed by atoms with E-state index in [1.165, 1.54) is 0 Å². The Labute approximate surface area is 102 Å². The van der Waals surface area contributed by atoms with Crippen LogP contribution >= 0.6 is 0 Å². The number of aliphatic carboxylic acids is 1. The Morgan fingerprint density at radius 2 is 2.24 bits per heavy atom. The lowest BCUT2D eigenvalue weighted by molar-refractivity contribution is -0.142. The van der Waals surface area contributed by atoms with Crippen LogP contribution in [0.1, 0.15) is 33.1 Å². The number of rotatable bonds is 3. The molecule has 2 rings (SSSR count). The summed E-state index contributed by atoms with van der Waals surface area (Å²) < 4.78 is 5.91. The van der Waals surface area contributed by atoms with Gasteiger partial charge in [0.1, 0.15) is 5.54 Å². The number of hydrogen-bond acceptors (Lipinski definition) is 4. The van der Waals surface area contributed by atoms with Gasteiger partial charge in [-0.2, -0.15) is 0 Å². The van der Waals surface area contributed by atoms with Crippen LogP contribution in [0.25, 0.3) is 0 Å². The molecule has 2 saturated heterocycles. The summed E-state index contributed by atoms with van der Waals surface area (Å²) in [6.45, 7) is 6.18. The lowest BCUT2D eigenvalue weighted by atomic mass is 10.0. The second-order valence-corrected chi connectivity index (χ2v) is 5.98. The minimum absolute atomic E-state index is 0.0308. The van der Waals surface area contributed by atoms with Crippen molar-refractivity contribution in [3.8, 4) is 0 Å². The first-order valence-corrected chi connectivity index (χ1v) is 6.23. The fourth-order valence-corrected chi connectivity index (χ4v) is 2.74. The zero-order valence-electron chi connectivity index (χ0n) is 10.6. The van der Waals surface area contributed by atoms with E-state index in [4.69, 9.17) is 15.6 Å². The summed E-state index contributed by atoms with van der Waals surface area (Å²) in [5.41, 5.74) is 4.75. The van der Waals surface area contributed by atoms with E-state index in [1.54, 1.807) is 0 Å². The predicted octanol–water partition coefficient (Wildman–Crippen LogP) is 0.432. The zero-order chi connectivity index (χ0) is 12.7. The van der Waals surface area contributed by atoms with Crippen molar-refractivity contribution in [2.45, 2.75) is 50.4 Å². The van der Waals surface area contributed by atoms with Gasteiger partial charge in [-0.25, -0.2) is 0 Å². The van der Waals surface area contributed by atoms with Gasteiger partial charge in [0.15, 0.2) is 0 Å². The lowest BCUT2D eigenvalue weighted by Crippen LogP contribution is -2.50. The van der Waals surface area contributed by atoms with Gasteiger partial charge in [-0.15, -0.1) is 0 Å². The van der Waals surface area contributed by atoms with Gasteiger partial charge in [0.05, 0.1) is 11.7 Å². The Kier molecular flexibility index (Phi) is 3.18. The molecule has 2 fully saturated rings. The maximum atomic E-state index is 11.0. The van der Waals surface area contributed by atoms with E-state index in [0.29, 0.717) is 13.0 Å². The molecule has 2 unspecified atom stereocenters. The Bertz CT molecular complexity index is 319. The molecule has 2 aliphatic rings. The highest BCUT2D eigenvalue weighted by molar-refractivity contribution is 5.79. The van der Waals surface area contributed by atoms with Crippen molar-refractivity contribution in [3.63, 3.8) is 0 Å². The number of carbonyl (C=O) groups is 1. The molecule has 2 atom stereocenters. The molecule has 0 saturated carbocycles. The second kappa shape index (κ2) is 4.23. The number of nitrogens with zero attached hydrogens (tertiary/aromatic N) is 1. The number of likely N-dealkylation sites (tertiary alicyclic amines) is 1. The first kappa shape index (κ1) is 12.8. The lowest BCUT2D eigenvalue weighted by Gasteiger charge is -2.24. The van der Waals surface area contributed by atoms with Crippen molar-refractivity contribution in [3.05, 3.63) is 0 Å². The van der Waals surface area contributed by atoms with E-state index >= 15 is 0 Å². The molecule has 5 nitrogen and oxygen atoms in total. The molecule has 0 radical (unpaired) electrons. The molecule has 2 heterocycles. The number of hydrogen-bond donors (Lipinski definition) is 2. The summed E-state index contributed by atoms with van der Waals surface area (Å²) in [4.78, 5) is 13.1. The standard InChI is InChI=1S/C12H22N2O3/c1-11(2)4-3-9(17-11)7-14-6-5-12(13,8-14)10(15)16/h9H,3-8,13H2,1-2H3,(H,15,16). The van der Waals surface area contributed by atoms with E-state index in [-0.39, 0.29) is 11.7 Å². The van der Waals surface area contributed by atoms with Crippen molar-refractivity contribution < 1.29 is 14.6 Å². The van der Waals surface area contributed by atoms with Crippen LogP contribution in [-0.2, 0) is 9.53 Å². The van der Waals surface area contributed by atoms with Crippen LogP contribution in [0.5, 0.6) is 0 Å². The van der Waals surface area contributed by atoms with E-state index in [9.17, 15) is 4.79 Å². The second-order valence-electron chi connectivity index (χ2n) is 5.98. The highest BCUT2D eigenvalue weighted by Gasteiger charge is 2.42. The third-order valence-corrected chi connectivity index (χ3v) is 3.82. The van der Waals surface area contributed by atoms with Crippen LogP contribution in [0, 0.1) is 0 Å². The summed E-state index contributed by atoms with van der Waals surface area (Å²) in [6.07, 6.45) is 2.87. The quantitative estimate of drug-likeness (QED) is 0.750. The van der Waals surface area contributed by atoms with Crippen LogP contribution in [0.4, 0.5) is 0 Å². The molecule has 2 aliphatic heterocycles. The van der Waals surface area contributed by atoms with E-state index in [2.05, 4.69) is 18.7 Å². The first-order chi connectivity index (χ1) is 7.81. The molecular formula is C12H22N2O3. The zero-order valence-corrected chi connectivity index (χ0v) is 10.6. The van der Waals surface area contributed by atoms with E-state index in [1.807, 2.05) is 0 Å². The van der Waals surface area contributed by atoms with Crippen LogP contribution in [0.3, 0.4) is 0 Å². The minimum atomic E-state index is -1.06. The molecule has 0 bridgehead atoms. The van der Waals surface area contributed by atoms with Crippen molar-refractivity contribution >= 4 is 5.97 Å². The van der Waals surface area contributed by atoms with Crippen LogP contribution in [0.2, 0.25) is 0 Å². The maximum Gasteiger partial charge on any atom is 0.325 e. The van der Waals surface area contributed by atoms with Crippen molar-refractivity contribution in [2.24, 2.45) is 5.73 Å². The smallest absolute Gasteiger partial charge is 0.325 e. The van der Waals surface area contributed by atoms with Crippen molar-refractivity contribution in [1.82, 2.24) is 4.90 Å². The Morgan fingerprint density at radius 1 is 1.53 bits per heavy atom. The summed E-state index contributed by atoms with van der Waals surface area (Å²) in [5.74, 6) is -0.896. The molecule has 0 aromatic carbocycles. The van der Waals surface area contributed by atoms with Crippen LogP contribution < -0.4 is 5.73 Å². The average molecular weight is 242 g/mol. The highest BCUT2D eigenvalue weighted by Crippen LogP contribution is 2.30. The van der Waals surface area contributed by atoms with E-state index < -0.39 is 11.5 Å². The largest absolute Gasteiger partial charge is 0.480 e. The summed E-state index contributed by atoms with van der Waals surface area (Å²) >= 11 is 0. The number of nitrogens with two attached hydrogens (primary N) is 1. The minimum Gasteiger partial charge on any atom is -0.480 e. The molecule has 0 aromatic rings. The maximum absolute atomic E-state index is 11.0. The molecule has 17 heavy (non-hydrogen) atoms. The molecule has 0 aromatic heterocycles. The molecular weight excluding hydrogens is 220 g/mol. The summed E-state index contributed by atoms with van der Waals surface area (Å²) in [6, 6.07) is 0. The van der Waals surface area contributed by atoms with E-state index in [0.717, 1.165) is 25.9 Å². The Hall–Kier alpha value is -0.650. The molecule has 98 valence electrons. The first-order valence-electron chi connectivity index (χ1n) is 6.23. The number of ether oxygens (including phenoxy) is 1. The third-order valence-electron chi connectivity index (χ3n) is 3.82. The molecule has 0 amide bonds. The van der Waals surface area contributed by atoms with Gasteiger partial charge in [0.2, 0.25) is 0 Å². The Morgan fingerprint density at radius 3 is 2.71 bits per heavy atom. The fraction of sp³-hybridized carbons (Fsp3) is 0.917. The molecule has 5 heteroatoms. The van der Waals surface area contributed by atoms with Crippen LogP contribution in [0.15, 0.2) is 0 Å². The third kappa shape index (κ3) is 2.78. The molecule has 3 N–H and O–H groups in total. The van der Waals surface area contributed by atoms with Gasteiger partial charge in [-0.3, -0.25) is 9.69 Å². The Balaban J connectivity index is 1.85. The summed E-state index contributed by atoms with van der Waals surface area (Å²) in [7, 11) is 0. The highest BCUT2D eigenvalue weighted by atomic mass is 16.5. The number of carboxylic acid groups (broad SMARTS) is 1. The molecule has 0 spiro atoms. The van der Waals surface area contributed by atoms with Gasteiger partial charge in [-0.05, 0) is 33.1 Å². The van der Waals surface area contributed by atoms with Crippen LogP contribution in [-0.4, -0.2) is 52.9 Å². The van der Waals surface area contributed by atoms with Crippen molar-refractivity contribution in [1.29, 1.82) is 0 Å². The monoisotopic (exact) mass is 242 g/mol. The van der Waals surface area contributed by atoms with Crippen molar-refractivity contribution in [2.75, 3.05) is 19.6 Å². The fourth-order valence-electron chi connectivity index (χ4n) is 2.74. The molecule has 0 aliphatic carbocycles. The topological polar surface area (TPSA) is 75.8 Å². The normalized spacial score (nSPS) is 37.5. The van der Waals surface area contributed by atoms with Gasteiger partial charge >= 0.3 is 5.97 Å². The summed E-state index contributed by atoms with van der Waals surface area (Å²) in [5, 5.41) is 9.05. The van der Waals surface area contributed by atoms with Gasteiger partial charge in [0.25, 0.3) is 0 Å². The van der Waals surface area contributed by atoms with Gasteiger partial charge in [0, 0.05) is 19.6 Å². The van der Waals surface area contributed by atoms with Gasteiger partial charge in [-0.1, -0.05) is 0 Å². The SMILES string of the molecule is CC1(C)CCC(CN2CCC(N)(C(=O)O)C2)O1. The number of carboxylic acids is 1. The predicted molar refractivity (Wildman–Crippen MR) is 63.8 cm³/mol.